The van der Waals surface area contributed by atoms with Crippen molar-refractivity contribution in [1.82, 2.24) is 10.6 Å². The number of hydrogen-bond acceptors (Lipinski definition) is 5. The monoisotopic (exact) mass is 352 g/mol. The summed E-state index contributed by atoms with van der Waals surface area (Å²) in [6.45, 7) is 6.70. The number of ether oxygens (including phenoxy) is 2. The molecule has 7 nitrogen and oxygen atoms in total. The van der Waals surface area contributed by atoms with E-state index in [4.69, 9.17) is 9.47 Å². The molecule has 25 heavy (non-hydrogen) atoms. The number of hydrogen-bond donors (Lipinski definition) is 3. The van der Waals surface area contributed by atoms with E-state index in [0.29, 0.717) is 5.70 Å². The highest BCUT2D eigenvalue weighted by Crippen LogP contribution is 2.36. The van der Waals surface area contributed by atoms with E-state index in [1.807, 2.05) is 0 Å². The zero-order chi connectivity index (χ0) is 18.9. The molecule has 1 aromatic rings. The Labute approximate surface area is 144 Å². The molecule has 0 bridgehead atoms. The summed E-state index contributed by atoms with van der Waals surface area (Å²) in [5.74, 6) is -2.33. The third-order valence-corrected chi connectivity index (χ3v) is 3.49. The molecule has 0 fully saturated rings. The number of amides is 2. The van der Waals surface area contributed by atoms with Crippen molar-refractivity contribution in [3.8, 4) is 11.5 Å². The molecule has 2 amide bonds. The number of urea groups is 1. The maximum absolute atomic E-state index is 14.0. The molecule has 1 aliphatic heterocycles. The van der Waals surface area contributed by atoms with Crippen LogP contribution in [0.15, 0.2) is 23.4 Å². The van der Waals surface area contributed by atoms with E-state index < -0.39 is 35.2 Å². The number of esters is 1. The van der Waals surface area contributed by atoms with E-state index in [1.165, 1.54) is 13.2 Å². The van der Waals surface area contributed by atoms with Crippen molar-refractivity contribution in [3.63, 3.8) is 0 Å². The number of benzene rings is 1. The molecular weight excluding hydrogens is 331 g/mol. The largest absolute Gasteiger partial charge is 0.502 e. The van der Waals surface area contributed by atoms with Crippen molar-refractivity contribution in [2.75, 3.05) is 7.11 Å². The van der Waals surface area contributed by atoms with E-state index in [-0.39, 0.29) is 16.9 Å². The van der Waals surface area contributed by atoms with Gasteiger partial charge >= 0.3 is 12.0 Å². The van der Waals surface area contributed by atoms with Crippen molar-refractivity contribution in [3.05, 3.63) is 34.8 Å². The molecule has 0 radical (unpaired) electrons. The second kappa shape index (κ2) is 6.62. The second-order valence-corrected chi connectivity index (χ2v) is 6.63. The van der Waals surface area contributed by atoms with Crippen LogP contribution >= 0.6 is 0 Å². The van der Waals surface area contributed by atoms with E-state index >= 15 is 0 Å². The average Bonchev–Trinajstić information content (AvgIpc) is 2.47. The van der Waals surface area contributed by atoms with Gasteiger partial charge < -0.3 is 25.2 Å². The van der Waals surface area contributed by atoms with Gasteiger partial charge in [0.05, 0.1) is 18.7 Å². The second-order valence-electron chi connectivity index (χ2n) is 6.63. The number of nitrogens with one attached hydrogen (secondary N) is 2. The Balaban J connectivity index is 2.53. The van der Waals surface area contributed by atoms with Gasteiger partial charge in [-0.25, -0.2) is 14.0 Å². The number of carbonyl (C=O) groups is 2. The van der Waals surface area contributed by atoms with Gasteiger partial charge in [0.15, 0.2) is 17.3 Å². The van der Waals surface area contributed by atoms with Crippen molar-refractivity contribution < 1.29 is 28.6 Å². The number of phenolic OH excluding ortho intramolecular Hbond substituents is 1. The lowest BCUT2D eigenvalue weighted by Crippen LogP contribution is -2.46. The van der Waals surface area contributed by atoms with E-state index in [9.17, 15) is 19.1 Å². The fourth-order valence-corrected chi connectivity index (χ4v) is 2.46. The van der Waals surface area contributed by atoms with E-state index in [0.717, 1.165) is 6.07 Å². The average molecular weight is 352 g/mol. The minimum absolute atomic E-state index is 0.107. The van der Waals surface area contributed by atoms with E-state index in [2.05, 4.69) is 10.6 Å². The first-order valence-corrected chi connectivity index (χ1v) is 7.61. The Bertz CT molecular complexity index is 752. The van der Waals surface area contributed by atoms with Crippen LogP contribution in [0.4, 0.5) is 9.18 Å². The number of aromatic hydroxyl groups is 1. The highest BCUT2D eigenvalue weighted by atomic mass is 19.1. The highest BCUT2D eigenvalue weighted by molar-refractivity contribution is 5.95. The molecule has 1 unspecified atom stereocenters. The first-order chi connectivity index (χ1) is 11.5. The van der Waals surface area contributed by atoms with Crippen LogP contribution in [0.1, 0.15) is 39.3 Å². The van der Waals surface area contributed by atoms with Gasteiger partial charge in [-0.1, -0.05) is 0 Å². The summed E-state index contributed by atoms with van der Waals surface area (Å²) in [4.78, 5) is 24.4. The summed E-state index contributed by atoms with van der Waals surface area (Å²) in [5, 5.41) is 14.7. The van der Waals surface area contributed by atoms with Crippen molar-refractivity contribution in [2.24, 2.45) is 0 Å². The van der Waals surface area contributed by atoms with Gasteiger partial charge in [0, 0.05) is 5.70 Å². The number of phenols is 1. The van der Waals surface area contributed by atoms with Crippen molar-refractivity contribution in [2.45, 2.75) is 39.3 Å². The quantitative estimate of drug-likeness (QED) is 0.726. The summed E-state index contributed by atoms with van der Waals surface area (Å²) in [7, 11) is 1.27. The molecule has 2 rings (SSSR count). The molecule has 0 aliphatic carbocycles. The summed E-state index contributed by atoms with van der Waals surface area (Å²) < 4.78 is 24.3. The molecule has 0 aromatic heterocycles. The Morgan fingerprint density at radius 1 is 1.32 bits per heavy atom. The van der Waals surface area contributed by atoms with Gasteiger partial charge in [-0.05, 0) is 45.4 Å². The number of rotatable bonds is 3. The lowest BCUT2D eigenvalue weighted by molar-refractivity contribution is -0.150. The van der Waals surface area contributed by atoms with E-state index in [1.54, 1.807) is 27.7 Å². The Morgan fingerprint density at radius 3 is 2.52 bits per heavy atom. The van der Waals surface area contributed by atoms with Crippen molar-refractivity contribution >= 4 is 12.0 Å². The lowest BCUT2D eigenvalue weighted by atomic mass is 9.95. The van der Waals surface area contributed by atoms with Gasteiger partial charge in [-0.2, -0.15) is 0 Å². The van der Waals surface area contributed by atoms with Crippen LogP contribution in [-0.4, -0.2) is 29.8 Å². The summed E-state index contributed by atoms with van der Waals surface area (Å²) in [5.41, 5.74) is -0.0619. The number of halogens is 1. The fourth-order valence-electron chi connectivity index (χ4n) is 2.46. The molecule has 1 aromatic carbocycles. The summed E-state index contributed by atoms with van der Waals surface area (Å²) in [6, 6.07) is 0.896. The van der Waals surface area contributed by atoms with Crippen LogP contribution in [0.5, 0.6) is 11.5 Å². The number of allylic oxidation sites excluding steroid dienone is 1. The third kappa shape index (κ3) is 4.01. The van der Waals surface area contributed by atoms with Gasteiger partial charge in [-0.3, -0.25) is 0 Å². The predicted molar refractivity (Wildman–Crippen MR) is 87.6 cm³/mol. The summed E-state index contributed by atoms with van der Waals surface area (Å²) in [6.07, 6.45) is 0. The maximum atomic E-state index is 14.0. The molecule has 1 atom stereocenters. The Hall–Kier alpha value is -2.77. The molecule has 1 heterocycles. The third-order valence-electron chi connectivity index (χ3n) is 3.49. The normalized spacial score (nSPS) is 17.7. The topological polar surface area (TPSA) is 96.9 Å². The van der Waals surface area contributed by atoms with Crippen molar-refractivity contribution in [1.29, 1.82) is 0 Å². The van der Waals surface area contributed by atoms with Gasteiger partial charge in [0.2, 0.25) is 0 Å². The number of methoxy groups -OCH3 is 1. The zero-order valence-electron chi connectivity index (χ0n) is 14.7. The first-order valence-electron chi connectivity index (χ1n) is 7.61. The maximum Gasteiger partial charge on any atom is 0.338 e. The highest BCUT2D eigenvalue weighted by Gasteiger charge is 2.34. The molecular formula is C17H21FN2O5. The van der Waals surface area contributed by atoms with Crippen LogP contribution in [-0.2, 0) is 9.53 Å². The standard InChI is InChI=1S/C17H21FN2O5/c1-8-12(15(22)25-17(2,3)4)13(20-16(23)19-8)9-6-10(18)14(21)11(7-9)24-5/h6-7,13,21H,1-5H3,(H2,19,20,23). The van der Waals surface area contributed by atoms with Crippen LogP contribution < -0.4 is 15.4 Å². The molecule has 0 saturated heterocycles. The van der Waals surface area contributed by atoms with Crippen LogP contribution in [0.2, 0.25) is 0 Å². The molecule has 0 saturated carbocycles. The molecule has 136 valence electrons. The SMILES string of the molecule is COc1cc(C2NC(=O)NC(C)=C2C(=O)OC(C)(C)C)cc(F)c1O. The predicted octanol–water partition coefficient (Wildman–Crippen LogP) is 2.51. The fraction of sp³-hybridized carbons (Fsp3) is 0.412. The zero-order valence-corrected chi connectivity index (χ0v) is 14.7. The van der Waals surface area contributed by atoms with Gasteiger partial charge in [0.1, 0.15) is 5.60 Å². The minimum Gasteiger partial charge on any atom is -0.502 e. The molecule has 1 aliphatic rings. The lowest BCUT2D eigenvalue weighted by Gasteiger charge is -2.30. The Morgan fingerprint density at radius 2 is 1.96 bits per heavy atom. The summed E-state index contributed by atoms with van der Waals surface area (Å²) >= 11 is 0. The molecule has 8 heteroatoms. The van der Waals surface area contributed by atoms with Gasteiger partial charge in [0.25, 0.3) is 0 Å². The molecule has 3 N–H and O–H groups in total. The van der Waals surface area contributed by atoms with Gasteiger partial charge in [-0.15, -0.1) is 0 Å². The Kier molecular flexibility index (Phi) is 4.92. The minimum atomic E-state index is -0.951. The van der Waals surface area contributed by atoms with Crippen LogP contribution in [0, 0.1) is 5.82 Å². The number of carbonyl (C=O) groups excluding carboxylic acids is 2. The first kappa shape index (κ1) is 18.6. The molecule has 0 spiro atoms. The van der Waals surface area contributed by atoms with Crippen LogP contribution in [0.3, 0.4) is 0 Å². The van der Waals surface area contributed by atoms with Crippen LogP contribution in [0.25, 0.3) is 0 Å². The smallest absolute Gasteiger partial charge is 0.338 e.